The minimum atomic E-state index is -0.261. The van der Waals surface area contributed by atoms with Crippen LogP contribution in [0.1, 0.15) is 21.5 Å². The summed E-state index contributed by atoms with van der Waals surface area (Å²) in [5, 5.41) is 0. The highest BCUT2D eigenvalue weighted by atomic mass is 79.9. The molecule has 0 aliphatic heterocycles. The first-order chi connectivity index (χ1) is 8.56. The van der Waals surface area contributed by atoms with Gasteiger partial charge in [-0.25, -0.2) is 8.78 Å². The van der Waals surface area contributed by atoms with Crippen molar-refractivity contribution in [3.8, 4) is 0 Å². The van der Waals surface area contributed by atoms with Gasteiger partial charge in [0.2, 0.25) is 0 Å². The van der Waals surface area contributed by atoms with Gasteiger partial charge >= 0.3 is 0 Å². The molecule has 1 unspecified atom stereocenters. The number of benzene rings is 2. The van der Waals surface area contributed by atoms with Gasteiger partial charge in [-0.2, -0.15) is 0 Å². The van der Waals surface area contributed by atoms with E-state index in [4.69, 9.17) is 0 Å². The minimum absolute atomic E-state index is 0.0937. The molecule has 0 fully saturated rings. The summed E-state index contributed by atoms with van der Waals surface area (Å²) in [5.74, 6) is -0.488. The summed E-state index contributed by atoms with van der Waals surface area (Å²) in [6.07, 6.45) is 0.496. The average Bonchev–Trinajstić information content (AvgIpc) is 2.31. The predicted molar refractivity (Wildman–Crippen MR) is 72.9 cm³/mol. The molecule has 0 aliphatic rings. The molecule has 0 N–H and O–H groups in total. The zero-order valence-corrected chi connectivity index (χ0v) is 11.5. The van der Waals surface area contributed by atoms with Crippen molar-refractivity contribution in [3.05, 3.63) is 70.8 Å². The maximum absolute atomic E-state index is 13.5. The summed E-state index contributed by atoms with van der Waals surface area (Å²) in [7, 11) is 0. The van der Waals surface area contributed by atoms with Crippen molar-refractivity contribution in [3.63, 3.8) is 0 Å². The van der Waals surface area contributed by atoms with Crippen LogP contribution in [0, 0.1) is 18.6 Å². The van der Waals surface area contributed by atoms with Crippen molar-refractivity contribution < 1.29 is 8.78 Å². The molecule has 0 saturated carbocycles. The average molecular weight is 311 g/mol. The van der Waals surface area contributed by atoms with Crippen molar-refractivity contribution in [2.45, 2.75) is 18.2 Å². The van der Waals surface area contributed by atoms with Crippen LogP contribution in [0.25, 0.3) is 0 Å². The fourth-order valence-corrected chi connectivity index (χ4v) is 2.53. The van der Waals surface area contributed by atoms with Crippen LogP contribution >= 0.6 is 15.9 Å². The SMILES string of the molecule is Cc1cc(F)cc(C(Br)Cc2ccccc2F)c1. The van der Waals surface area contributed by atoms with Gasteiger partial charge in [-0.15, -0.1) is 0 Å². The molecule has 0 spiro atoms. The van der Waals surface area contributed by atoms with Crippen molar-refractivity contribution in [1.29, 1.82) is 0 Å². The lowest BCUT2D eigenvalue weighted by molar-refractivity contribution is 0.607. The molecular weight excluding hydrogens is 298 g/mol. The second kappa shape index (κ2) is 5.61. The van der Waals surface area contributed by atoms with E-state index in [0.717, 1.165) is 11.1 Å². The number of aryl methyl sites for hydroxylation is 1. The van der Waals surface area contributed by atoms with Crippen LogP contribution < -0.4 is 0 Å². The fraction of sp³-hybridized carbons (Fsp3) is 0.200. The van der Waals surface area contributed by atoms with Gasteiger partial charge in [0.1, 0.15) is 11.6 Å². The molecule has 1 atom stereocenters. The van der Waals surface area contributed by atoms with Crippen LogP contribution in [0.15, 0.2) is 42.5 Å². The zero-order valence-electron chi connectivity index (χ0n) is 9.96. The Morgan fingerprint density at radius 3 is 2.50 bits per heavy atom. The Kier molecular flexibility index (Phi) is 4.12. The minimum Gasteiger partial charge on any atom is -0.207 e. The van der Waals surface area contributed by atoms with E-state index in [2.05, 4.69) is 15.9 Å². The highest BCUT2D eigenvalue weighted by Crippen LogP contribution is 2.29. The Morgan fingerprint density at radius 1 is 1.11 bits per heavy atom. The number of halogens is 3. The summed E-state index contributed by atoms with van der Waals surface area (Å²) >= 11 is 3.49. The molecule has 94 valence electrons. The Labute approximate surface area is 114 Å². The van der Waals surface area contributed by atoms with E-state index < -0.39 is 0 Å². The van der Waals surface area contributed by atoms with Gasteiger partial charge in [-0.1, -0.05) is 40.2 Å². The summed E-state index contributed by atoms with van der Waals surface area (Å²) in [6.45, 7) is 1.84. The number of rotatable bonds is 3. The van der Waals surface area contributed by atoms with Crippen LogP contribution in [-0.2, 0) is 6.42 Å². The first kappa shape index (κ1) is 13.2. The second-order valence-corrected chi connectivity index (χ2v) is 5.43. The van der Waals surface area contributed by atoms with Crippen LogP contribution in [0.3, 0.4) is 0 Å². The Balaban J connectivity index is 2.22. The molecule has 0 heterocycles. The van der Waals surface area contributed by atoms with Gasteiger partial charge in [0.05, 0.1) is 0 Å². The summed E-state index contributed by atoms with van der Waals surface area (Å²) < 4.78 is 26.8. The van der Waals surface area contributed by atoms with E-state index in [0.29, 0.717) is 12.0 Å². The lowest BCUT2D eigenvalue weighted by Gasteiger charge is -2.12. The molecule has 0 aliphatic carbocycles. The lowest BCUT2D eigenvalue weighted by Crippen LogP contribution is -1.99. The molecule has 2 aromatic rings. The molecule has 18 heavy (non-hydrogen) atoms. The smallest absolute Gasteiger partial charge is 0.126 e. The summed E-state index contributed by atoms with van der Waals surface area (Å²) in [4.78, 5) is -0.0937. The van der Waals surface area contributed by atoms with E-state index in [1.165, 1.54) is 18.2 Å². The van der Waals surface area contributed by atoms with Crippen LogP contribution in [0.4, 0.5) is 8.78 Å². The van der Waals surface area contributed by atoms with Gasteiger partial charge in [0, 0.05) is 4.83 Å². The number of hydrogen-bond acceptors (Lipinski definition) is 0. The van der Waals surface area contributed by atoms with Crippen LogP contribution in [0.2, 0.25) is 0 Å². The van der Waals surface area contributed by atoms with E-state index in [1.807, 2.05) is 13.0 Å². The quantitative estimate of drug-likeness (QED) is 0.703. The normalized spacial score (nSPS) is 12.4. The highest BCUT2D eigenvalue weighted by Gasteiger charge is 2.12. The van der Waals surface area contributed by atoms with Crippen LogP contribution in [-0.4, -0.2) is 0 Å². The van der Waals surface area contributed by atoms with E-state index in [-0.39, 0.29) is 16.5 Å². The third-order valence-corrected chi connectivity index (χ3v) is 3.64. The first-order valence-electron chi connectivity index (χ1n) is 5.71. The third kappa shape index (κ3) is 3.16. The maximum Gasteiger partial charge on any atom is 0.126 e. The topological polar surface area (TPSA) is 0 Å². The van der Waals surface area contributed by atoms with Gasteiger partial charge in [0.25, 0.3) is 0 Å². The monoisotopic (exact) mass is 310 g/mol. The third-order valence-electron chi connectivity index (χ3n) is 2.78. The van der Waals surface area contributed by atoms with Crippen molar-refractivity contribution in [2.24, 2.45) is 0 Å². The van der Waals surface area contributed by atoms with Crippen LogP contribution in [0.5, 0.6) is 0 Å². The van der Waals surface area contributed by atoms with E-state index >= 15 is 0 Å². The molecule has 0 amide bonds. The molecule has 0 aromatic heterocycles. The fourth-order valence-electron chi connectivity index (χ4n) is 1.92. The van der Waals surface area contributed by atoms with Crippen molar-refractivity contribution in [1.82, 2.24) is 0 Å². The van der Waals surface area contributed by atoms with Crippen molar-refractivity contribution >= 4 is 15.9 Å². The molecular formula is C15H13BrF2. The second-order valence-electron chi connectivity index (χ2n) is 4.32. The van der Waals surface area contributed by atoms with Gasteiger partial charge < -0.3 is 0 Å². The standard InChI is InChI=1S/C15H13BrF2/c1-10-6-12(8-13(17)7-10)14(16)9-11-4-2-3-5-15(11)18/h2-8,14H,9H2,1H3. The molecule has 0 bridgehead atoms. The lowest BCUT2D eigenvalue weighted by atomic mass is 10.0. The molecule has 2 rings (SSSR count). The largest absolute Gasteiger partial charge is 0.207 e. The molecule has 0 saturated heterocycles. The molecule has 0 nitrogen and oxygen atoms in total. The number of hydrogen-bond donors (Lipinski definition) is 0. The molecule has 2 aromatic carbocycles. The number of alkyl halides is 1. The Morgan fingerprint density at radius 2 is 1.83 bits per heavy atom. The summed E-state index contributed by atoms with van der Waals surface area (Å²) in [5.41, 5.74) is 2.32. The highest BCUT2D eigenvalue weighted by molar-refractivity contribution is 9.09. The first-order valence-corrected chi connectivity index (χ1v) is 6.62. The van der Waals surface area contributed by atoms with Gasteiger partial charge in [-0.05, 0) is 48.2 Å². The predicted octanol–water partition coefficient (Wildman–Crippen LogP) is 4.95. The van der Waals surface area contributed by atoms with Gasteiger partial charge in [0.15, 0.2) is 0 Å². The van der Waals surface area contributed by atoms with E-state index in [1.54, 1.807) is 18.2 Å². The molecule has 0 radical (unpaired) electrons. The summed E-state index contributed by atoms with van der Waals surface area (Å²) in [6, 6.07) is 11.5. The zero-order chi connectivity index (χ0) is 13.1. The van der Waals surface area contributed by atoms with Crippen molar-refractivity contribution in [2.75, 3.05) is 0 Å². The Bertz CT molecular complexity index is 532. The maximum atomic E-state index is 13.5. The molecule has 3 heteroatoms. The van der Waals surface area contributed by atoms with E-state index in [9.17, 15) is 8.78 Å². The van der Waals surface area contributed by atoms with Gasteiger partial charge in [-0.3, -0.25) is 0 Å². The Hall–Kier alpha value is -1.22.